The average Bonchev–Trinajstić information content (AvgIpc) is 2.62. The normalized spacial score (nSPS) is 17.5. The maximum atomic E-state index is 4.68. The molecule has 0 radical (unpaired) electrons. The zero-order chi connectivity index (χ0) is 10.8. The van der Waals surface area contributed by atoms with E-state index in [1.54, 1.807) is 0 Å². The van der Waals surface area contributed by atoms with E-state index in [9.17, 15) is 0 Å². The zero-order valence-corrected chi connectivity index (χ0v) is 9.80. The molecule has 4 heteroatoms. The third-order valence-electron chi connectivity index (χ3n) is 2.87. The van der Waals surface area contributed by atoms with Crippen molar-refractivity contribution in [1.82, 2.24) is 15.3 Å². The van der Waals surface area contributed by atoms with E-state index >= 15 is 0 Å². The lowest BCUT2D eigenvalue weighted by Gasteiger charge is -2.26. The summed E-state index contributed by atoms with van der Waals surface area (Å²) >= 11 is 0. The lowest BCUT2D eigenvalue weighted by molar-refractivity contribution is 0.581. The van der Waals surface area contributed by atoms with E-state index in [4.69, 9.17) is 0 Å². The molecule has 1 aromatic heterocycles. The number of aromatic amines is 1. The lowest BCUT2D eigenvalue weighted by atomic mass is 10.1. The predicted molar refractivity (Wildman–Crippen MR) is 62.5 cm³/mol. The van der Waals surface area contributed by atoms with Gasteiger partial charge < -0.3 is 15.2 Å². The van der Waals surface area contributed by atoms with Crippen molar-refractivity contribution in [3.05, 3.63) is 11.4 Å². The number of aryl methyl sites for hydroxylation is 1. The molecule has 1 saturated heterocycles. The first-order chi connectivity index (χ1) is 7.18. The minimum Gasteiger partial charge on any atom is -0.340 e. The summed E-state index contributed by atoms with van der Waals surface area (Å²) in [6, 6.07) is 0. The molecule has 4 nitrogen and oxygen atoms in total. The van der Waals surface area contributed by atoms with Crippen LogP contribution in [0.2, 0.25) is 0 Å². The maximum absolute atomic E-state index is 4.68. The smallest absolute Gasteiger partial charge is 0.203 e. The van der Waals surface area contributed by atoms with Gasteiger partial charge in [-0.25, -0.2) is 4.98 Å². The number of rotatable bonds is 2. The van der Waals surface area contributed by atoms with E-state index in [2.05, 4.69) is 41.0 Å². The summed E-state index contributed by atoms with van der Waals surface area (Å²) in [4.78, 5) is 10.4. The van der Waals surface area contributed by atoms with Crippen LogP contribution in [0.4, 0.5) is 5.95 Å². The summed E-state index contributed by atoms with van der Waals surface area (Å²) < 4.78 is 0. The Hall–Kier alpha value is -1.03. The second-order valence-corrected chi connectivity index (χ2v) is 4.46. The first kappa shape index (κ1) is 10.5. The fourth-order valence-electron chi connectivity index (χ4n) is 2.05. The summed E-state index contributed by atoms with van der Waals surface area (Å²) in [6.07, 6.45) is 0. The Labute approximate surface area is 91.1 Å². The molecular weight excluding hydrogens is 188 g/mol. The van der Waals surface area contributed by atoms with Crippen molar-refractivity contribution < 1.29 is 0 Å². The molecule has 0 amide bonds. The van der Waals surface area contributed by atoms with Crippen LogP contribution in [0, 0.1) is 6.92 Å². The zero-order valence-electron chi connectivity index (χ0n) is 9.80. The van der Waals surface area contributed by atoms with Crippen LogP contribution in [0.15, 0.2) is 0 Å². The van der Waals surface area contributed by atoms with Gasteiger partial charge in [0, 0.05) is 31.9 Å². The highest BCUT2D eigenvalue weighted by Crippen LogP contribution is 2.20. The molecule has 0 aliphatic carbocycles. The van der Waals surface area contributed by atoms with Gasteiger partial charge in [0.2, 0.25) is 5.95 Å². The molecule has 1 aliphatic rings. The molecule has 0 saturated carbocycles. The van der Waals surface area contributed by atoms with Gasteiger partial charge in [0.15, 0.2) is 0 Å². The number of hydrogen-bond donors (Lipinski definition) is 2. The minimum absolute atomic E-state index is 0.498. The van der Waals surface area contributed by atoms with Gasteiger partial charge >= 0.3 is 0 Å². The second-order valence-electron chi connectivity index (χ2n) is 4.46. The molecule has 84 valence electrons. The number of nitrogens with one attached hydrogen (secondary N) is 2. The third-order valence-corrected chi connectivity index (χ3v) is 2.87. The van der Waals surface area contributed by atoms with Crippen LogP contribution < -0.4 is 10.2 Å². The number of hydrogen-bond acceptors (Lipinski definition) is 3. The van der Waals surface area contributed by atoms with Crippen LogP contribution in [-0.2, 0) is 0 Å². The maximum Gasteiger partial charge on any atom is 0.203 e. The molecule has 0 spiro atoms. The van der Waals surface area contributed by atoms with Crippen molar-refractivity contribution in [2.75, 3.05) is 31.1 Å². The molecule has 2 N–H and O–H groups in total. The van der Waals surface area contributed by atoms with Crippen molar-refractivity contribution in [3.63, 3.8) is 0 Å². The van der Waals surface area contributed by atoms with Gasteiger partial charge in [-0.2, -0.15) is 0 Å². The first-order valence-corrected chi connectivity index (χ1v) is 5.70. The van der Waals surface area contributed by atoms with Gasteiger partial charge in [-0.15, -0.1) is 0 Å². The highest BCUT2D eigenvalue weighted by molar-refractivity contribution is 5.36. The summed E-state index contributed by atoms with van der Waals surface area (Å²) in [5.41, 5.74) is 2.40. The van der Waals surface area contributed by atoms with Crippen LogP contribution in [0.1, 0.15) is 31.2 Å². The van der Waals surface area contributed by atoms with E-state index in [1.165, 1.54) is 11.4 Å². The van der Waals surface area contributed by atoms with Crippen LogP contribution >= 0.6 is 0 Å². The molecule has 15 heavy (non-hydrogen) atoms. The van der Waals surface area contributed by atoms with Crippen LogP contribution in [0.25, 0.3) is 0 Å². The molecule has 0 aromatic carbocycles. The van der Waals surface area contributed by atoms with Gasteiger partial charge in [-0.3, -0.25) is 0 Å². The summed E-state index contributed by atoms with van der Waals surface area (Å²) in [7, 11) is 0. The van der Waals surface area contributed by atoms with E-state index < -0.39 is 0 Å². The summed E-state index contributed by atoms with van der Waals surface area (Å²) in [5.74, 6) is 1.54. The molecule has 0 unspecified atom stereocenters. The van der Waals surface area contributed by atoms with Crippen molar-refractivity contribution in [1.29, 1.82) is 0 Å². The Kier molecular flexibility index (Phi) is 2.95. The number of imidazole rings is 1. The summed E-state index contributed by atoms with van der Waals surface area (Å²) in [6.45, 7) is 10.7. The molecule has 2 heterocycles. The van der Waals surface area contributed by atoms with Crippen molar-refractivity contribution >= 4 is 5.95 Å². The van der Waals surface area contributed by atoms with Crippen molar-refractivity contribution in [2.24, 2.45) is 0 Å². The Bertz CT molecular complexity index is 323. The SMILES string of the molecule is Cc1[nH]c(N2CCNCC2)nc1C(C)C. The van der Waals surface area contributed by atoms with Crippen molar-refractivity contribution in [3.8, 4) is 0 Å². The van der Waals surface area contributed by atoms with Gasteiger partial charge in [-0.1, -0.05) is 13.8 Å². The largest absolute Gasteiger partial charge is 0.340 e. The number of nitrogens with zero attached hydrogens (tertiary/aromatic N) is 2. The van der Waals surface area contributed by atoms with E-state index in [1.807, 2.05) is 0 Å². The quantitative estimate of drug-likeness (QED) is 0.769. The lowest BCUT2D eigenvalue weighted by Crippen LogP contribution is -2.44. The Morgan fingerprint density at radius 2 is 1.93 bits per heavy atom. The third kappa shape index (κ3) is 2.15. The molecule has 1 aliphatic heterocycles. The summed E-state index contributed by atoms with van der Waals surface area (Å²) in [5, 5.41) is 3.35. The van der Waals surface area contributed by atoms with Gasteiger partial charge in [-0.05, 0) is 12.8 Å². The fraction of sp³-hybridized carbons (Fsp3) is 0.727. The van der Waals surface area contributed by atoms with Gasteiger partial charge in [0.25, 0.3) is 0 Å². The Morgan fingerprint density at radius 1 is 1.27 bits per heavy atom. The van der Waals surface area contributed by atoms with Crippen LogP contribution in [0.5, 0.6) is 0 Å². The number of anilines is 1. The van der Waals surface area contributed by atoms with E-state index in [-0.39, 0.29) is 0 Å². The minimum atomic E-state index is 0.498. The molecular formula is C11H20N4. The standard InChI is InChI=1S/C11H20N4/c1-8(2)10-9(3)13-11(14-10)15-6-4-12-5-7-15/h8,12H,4-7H2,1-3H3,(H,13,14). The monoisotopic (exact) mass is 208 g/mol. The van der Waals surface area contributed by atoms with Crippen LogP contribution in [0.3, 0.4) is 0 Å². The predicted octanol–water partition coefficient (Wildman–Crippen LogP) is 1.25. The van der Waals surface area contributed by atoms with E-state index in [0.29, 0.717) is 5.92 Å². The topological polar surface area (TPSA) is 44.0 Å². The molecule has 1 fully saturated rings. The fourth-order valence-corrected chi connectivity index (χ4v) is 2.05. The molecule has 0 bridgehead atoms. The van der Waals surface area contributed by atoms with E-state index in [0.717, 1.165) is 32.1 Å². The first-order valence-electron chi connectivity index (χ1n) is 5.70. The highest BCUT2D eigenvalue weighted by atomic mass is 15.3. The van der Waals surface area contributed by atoms with Gasteiger partial charge in [0.1, 0.15) is 0 Å². The highest BCUT2D eigenvalue weighted by Gasteiger charge is 2.16. The molecule has 2 rings (SSSR count). The Balaban J connectivity index is 2.17. The molecule has 1 aromatic rings. The number of aromatic nitrogens is 2. The van der Waals surface area contributed by atoms with Crippen molar-refractivity contribution in [2.45, 2.75) is 26.7 Å². The van der Waals surface area contributed by atoms with Gasteiger partial charge in [0.05, 0.1) is 5.69 Å². The molecule has 0 atom stereocenters. The average molecular weight is 208 g/mol. The second kappa shape index (κ2) is 4.23. The van der Waals surface area contributed by atoms with Crippen LogP contribution in [-0.4, -0.2) is 36.1 Å². The Morgan fingerprint density at radius 3 is 2.47 bits per heavy atom. The number of H-pyrrole nitrogens is 1. The number of piperazine rings is 1.